The van der Waals surface area contributed by atoms with Crippen LogP contribution in [0.4, 0.5) is 0 Å². The van der Waals surface area contributed by atoms with Crippen LogP contribution in [-0.2, 0) is 0 Å². The van der Waals surface area contributed by atoms with Crippen molar-refractivity contribution in [1.82, 2.24) is 5.32 Å². The van der Waals surface area contributed by atoms with Crippen LogP contribution in [0.5, 0.6) is 0 Å². The summed E-state index contributed by atoms with van der Waals surface area (Å²) in [6, 6.07) is 12.9. The van der Waals surface area contributed by atoms with E-state index in [-0.39, 0.29) is 11.8 Å². The monoisotopic (exact) mass is 323 g/mol. The highest BCUT2D eigenvalue weighted by atomic mass is 35.5. The van der Waals surface area contributed by atoms with Crippen molar-refractivity contribution >= 4 is 28.7 Å². The summed E-state index contributed by atoms with van der Waals surface area (Å²) in [6.45, 7) is 2.43. The van der Waals surface area contributed by atoms with Crippen molar-refractivity contribution in [3.63, 3.8) is 0 Å². The van der Waals surface area contributed by atoms with Crippen LogP contribution in [0.2, 0.25) is 4.34 Å². The Kier molecular flexibility index (Phi) is 5.94. The van der Waals surface area contributed by atoms with E-state index in [9.17, 15) is 9.90 Å². The van der Waals surface area contributed by atoms with Crippen molar-refractivity contribution in [2.24, 2.45) is 0 Å². The second-order valence-electron chi connectivity index (χ2n) is 4.88. The molecular weight excluding hydrogens is 306 g/mol. The first-order valence-electron chi connectivity index (χ1n) is 6.83. The number of hydrogen-bond donors (Lipinski definition) is 2. The first kappa shape index (κ1) is 16.2. The molecule has 2 unspecified atom stereocenters. The first-order valence-corrected chi connectivity index (χ1v) is 8.02. The third kappa shape index (κ3) is 4.64. The fraction of sp³-hybridized carbons (Fsp3) is 0.312. The van der Waals surface area contributed by atoms with E-state index in [1.165, 1.54) is 11.3 Å². The van der Waals surface area contributed by atoms with Crippen LogP contribution >= 0.6 is 22.9 Å². The molecule has 2 atom stereocenters. The fourth-order valence-electron chi connectivity index (χ4n) is 2.05. The predicted molar refractivity (Wildman–Crippen MR) is 87.1 cm³/mol. The number of carbonyl (C=O) groups is 1. The molecule has 0 aliphatic heterocycles. The molecule has 0 bridgehead atoms. The standard InChI is InChI=1S/C16H18ClNO2S/c1-11(16(20)12-5-3-2-4-6-12)18-10-9-13(19)14-7-8-15(17)21-14/h2-8,11,16,18,20H,9-10H2,1H3. The quantitative estimate of drug-likeness (QED) is 0.764. The van der Waals surface area contributed by atoms with Crippen molar-refractivity contribution in [3.8, 4) is 0 Å². The summed E-state index contributed by atoms with van der Waals surface area (Å²) in [5.41, 5.74) is 0.869. The third-order valence-corrected chi connectivity index (χ3v) is 4.55. The summed E-state index contributed by atoms with van der Waals surface area (Å²) in [7, 11) is 0. The Labute approximate surface area is 133 Å². The van der Waals surface area contributed by atoms with Gasteiger partial charge < -0.3 is 10.4 Å². The van der Waals surface area contributed by atoms with E-state index in [1.54, 1.807) is 12.1 Å². The minimum atomic E-state index is -0.586. The Bertz CT molecular complexity index is 585. The number of rotatable bonds is 7. The number of halogens is 1. The molecular formula is C16H18ClNO2S. The number of benzene rings is 1. The van der Waals surface area contributed by atoms with Crippen LogP contribution < -0.4 is 5.32 Å². The lowest BCUT2D eigenvalue weighted by atomic mass is 10.0. The molecule has 0 aliphatic rings. The Morgan fingerprint density at radius 2 is 2.00 bits per heavy atom. The van der Waals surface area contributed by atoms with Gasteiger partial charge in [-0.15, -0.1) is 11.3 Å². The van der Waals surface area contributed by atoms with Crippen LogP contribution in [0, 0.1) is 0 Å². The van der Waals surface area contributed by atoms with Crippen LogP contribution in [0.3, 0.4) is 0 Å². The number of aliphatic hydroxyl groups excluding tert-OH is 1. The van der Waals surface area contributed by atoms with Gasteiger partial charge in [-0.25, -0.2) is 0 Å². The molecule has 0 spiro atoms. The van der Waals surface area contributed by atoms with E-state index >= 15 is 0 Å². The normalized spacial score (nSPS) is 13.9. The van der Waals surface area contributed by atoms with Crippen molar-refractivity contribution in [1.29, 1.82) is 0 Å². The van der Waals surface area contributed by atoms with Crippen LogP contribution in [0.15, 0.2) is 42.5 Å². The second kappa shape index (κ2) is 7.71. The zero-order valence-corrected chi connectivity index (χ0v) is 13.3. The highest BCUT2D eigenvalue weighted by Crippen LogP contribution is 2.22. The Morgan fingerprint density at radius 1 is 1.29 bits per heavy atom. The number of aliphatic hydroxyl groups is 1. The molecule has 0 fully saturated rings. The number of carbonyl (C=O) groups excluding carboxylic acids is 1. The summed E-state index contributed by atoms with van der Waals surface area (Å²) in [5, 5.41) is 13.4. The van der Waals surface area contributed by atoms with Gasteiger partial charge in [-0.3, -0.25) is 4.79 Å². The molecule has 0 amide bonds. The van der Waals surface area contributed by atoms with Gasteiger partial charge in [0.25, 0.3) is 0 Å². The average Bonchev–Trinajstić information content (AvgIpc) is 2.94. The molecule has 0 saturated heterocycles. The summed E-state index contributed by atoms with van der Waals surface area (Å²) < 4.78 is 0.624. The molecule has 0 aliphatic carbocycles. The minimum Gasteiger partial charge on any atom is -0.387 e. The van der Waals surface area contributed by atoms with Crippen molar-refractivity contribution in [2.45, 2.75) is 25.5 Å². The molecule has 0 radical (unpaired) electrons. The lowest BCUT2D eigenvalue weighted by molar-refractivity contribution is 0.0976. The topological polar surface area (TPSA) is 49.3 Å². The van der Waals surface area contributed by atoms with E-state index < -0.39 is 6.10 Å². The molecule has 0 saturated carbocycles. The van der Waals surface area contributed by atoms with E-state index in [2.05, 4.69) is 5.32 Å². The smallest absolute Gasteiger partial charge is 0.174 e. The average molecular weight is 324 g/mol. The summed E-state index contributed by atoms with van der Waals surface area (Å²) in [5.74, 6) is 0.0702. The largest absolute Gasteiger partial charge is 0.387 e. The Balaban J connectivity index is 1.79. The predicted octanol–water partition coefficient (Wildman–Crippen LogP) is 3.69. The van der Waals surface area contributed by atoms with Gasteiger partial charge in [-0.2, -0.15) is 0 Å². The van der Waals surface area contributed by atoms with Gasteiger partial charge >= 0.3 is 0 Å². The first-order chi connectivity index (χ1) is 10.1. The van der Waals surface area contributed by atoms with Gasteiger partial charge in [-0.05, 0) is 24.6 Å². The van der Waals surface area contributed by atoms with Crippen molar-refractivity contribution in [2.75, 3.05) is 6.54 Å². The maximum atomic E-state index is 11.9. The van der Waals surface area contributed by atoms with E-state index in [0.717, 1.165) is 5.56 Å². The molecule has 1 heterocycles. The highest BCUT2D eigenvalue weighted by molar-refractivity contribution is 7.18. The highest BCUT2D eigenvalue weighted by Gasteiger charge is 2.16. The van der Waals surface area contributed by atoms with Crippen LogP contribution in [0.1, 0.15) is 34.7 Å². The number of nitrogens with one attached hydrogen (secondary N) is 1. The second-order valence-corrected chi connectivity index (χ2v) is 6.59. The zero-order chi connectivity index (χ0) is 15.2. The summed E-state index contributed by atoms with van der Waals surface area (Å²) >= 11 is 7.11. The molecule has 21 heavy (non-hydrogen) atoms. The number of hydrogen-bond acceptors (Lipinski definition) is 4. The van der Waals surface area contributed by atoms with Gasteiger partial charge in [0.1, 0.15) is 0 Å². The zero-order valence-electron chi connectivity index (χ0n) is 11.8. The SMILES string of the molecule is CC(NCCC(=O)c1ccc(Cl)s1)C(O)c1ccccc1. The van der Waals surface area contributed by atoms with E-state index in [1.807, 2.05) is 37.3 Å². The molecule has 3 nitrogen and oxygen atoms in total. The van der Waals surface area contributed by atoms with Crippen molar-refractivity contribution < 1.29 is 9.90 Å². The molecule has 2 rings (SSSR count). The van der Waals surface area contributed by atoms with E-state index in [4.69, 9.17) is 11.6 Å². The lowest BCUT2D eigenvalue weighted by Gasteiger charge is -2.20. The van der Waals surface area contributed by atoms with Gasteiger partial charge in [0.2, 0.25) is 0 Å². The van der Waals surface area contributed by atoms with E-state index in [0.29, 0.717) is 22.2 Å². The molecule has 1 aromatic carbocycles. The number of ketones is 1. The van der Waals surface area contributed by atoms with Crippen LogP contribution in [-0.4, -0.2) is 23.5 Å². The maximum absolute atomic E-state index is 11.9. The summed E-state index contributed by atoms with van der Waals surface area (Å²) in [4.78, 5) is 12.6. The Morgan fingerprint density at radius 3 is 2.62 bits per heavy atom. The molecule has 2 N–H and O–H groups in total. The lowest BCUT2D eigenvalue weighted by Crippen LogP contribution is -2.33. The summed E-state index contributed by atoms with van der Waals surface area (Å²) in [6.07, 6.45) is -0.194. The minimum absolute atomic E-state index is 0.0702. The number of Topliss-reactive ketones (excluding diaryl/α,β-unsaturated/α-hetero) is 1. The third-order valence-electron chi connectivity index (χ3n) is 3.28. The molecule has 2 aromatic rings. The Hall–Kier alpha value is -1.20. The fourth-order valence-corrected chi connectivity index (χ4v) is 3.06. The van der Waals surface area contributed by atoms with Gasteiger partial charge in [0, 0.05) is 19.0 Å². The molecule has 1 aromatic heterocycles. The van der Waals surface area contributed by atoms with Gasteiger partial charge in [0.15, 0.2) is 5.78 Å². The van der Waals surface area contributed by atoms with Gasteiger partial charge in [0.05, 0.1) is 15.3 Å². The maximum Gasteiger partial charge on any atom is 0.174 e. The van der Waals surface area contributed by atoms with Gasteiger partial charge in [-0.1, -0.05) is 41.9 Å². The molecule has 112 valence electrons. The van der Waals surface area contributed by atoms with Crippen molar-refractivity contribution in [3.05, 3.63) is 57.2 Å². The number of thiophene rings is 1. The molecule has 5 heteroatoms. The van der Waals surface area contributed by atoms with Crippen LogP contribution in [0.25, 0.3) is 0 Å².